The second-order valence-electron chi connectivity index (χ2n) is 22.5. The van der Waals surface area contributed by atoms with Gasteiger partial charge in [0.05, 0.1) is 64.1 Å². The summed E-state index contributed by atoms with van der Waals surface area (Å²) < 4.78 is 17.7. The van der Waals surface area contributed by atoms with Crippen LogP contribution in [-0.4, -0.2) is 107 Å². The normalized spacial score (nSPS) is 12.2. The maximum atomic E-state index is 12.9. The third-order valence-electron chi connectivity index (χ3n) is 15.9. The van der Waals surface area contributed by atoms with Crippen LogP contribution in [-0.2, 0) is 22.6 Å². The maximum absolute atomic E-state index is 12.9. The highest BCUT2D eigenvalue weighted by molar-refractivity contribution is 6.16. The average Bonchev–Trinajstić information content (AvgIpc) is 1.63. The van der Waals surface area contributed by atoms with Crippen molar-refractivity contribution in [2.24, 2.45) is 34.4 Å². The summed E-state index contributed by atoms with van der Waals surface area (Å²) in [5, 5.41) is 9.52. The summed E-state index contributed by atoms with van der Waals surface area (Å²) >= 11 is 0. The van der Waals surface area contributed by atoms with Crippen LogP contribution >= 0.6 is 0 Å². The Balaban J connectivity index is 0.000000139. The molecular weight excluding hydrogens is 1210 g/mol. The molecule has 0 radical (unpaired) electrons. The number of pyridine rings is 4. The van der Waals surface area contributed by atoms with Crippen molar-refractivity contribution in [3.8, 4) is 0 Å². The van der Waals surface area contributed by atoms with Gasteiger partial charge in [-0.2, -0.15) is 0 Å². The molecule has 0 aliphatic heterocycles. The smallest absolute Gasteiger partial charge is 0.406 e. The third-order valence-corrected chi connectivity index (χ3v) is 15.9. The SMILES string of the molecule is CC(CN)n1c2ccccc2c2cc(C(N)=O)c(N)nc21.COC(=O)NCC(C)n1c2ccccc2c2cc(C(N)=O)c(N)nc21.C[C@H](N)Cn1c2ccccc2c2cc(C(N)=O)c(N)nc21.NC(=O)c1cc2c3ccccc3n(C(=O)COCc3ccccc3)c2nc1N. The lowest BCUT2D eigenvalue weighted by Gasteiger charge is -2.17. The Morgan fingerprint density at radius 3 is 1.28 bits per heavy atom. The van der Waals surface area contributed by atoms with Gasteiger partial charge in [0.15, 0.2) is 0 Å². The van der Waals surface area contributed by atoms with E-state index in [2.05, 4.69) is 30.0 Å². The first-order valence-corrected chi connectivity index (χ1v) is 29.9. The number of aromatic nitrogens is 8. The lowest BCUT2D eigenvalue weighted by molar-refractivity contribution is 0.0653. The molecule has 486 valence electrons. The predicted molar refractivity (Wildman–Crippen MR) is 370 cm³/mol. The Labute approximate surface area is 541 Å². The van der Waals surface area contributed by atoms with Gasteiger partial charge in [-0.3, -0.25) is 28.5 Å². The number of amides is 5. The van der Waals surface area contributed by atoms with Crippen molar-refractivity contribution in [1.82, 2.24) is 43.5 Å². The Kier molecular flexibility index (Phi) is 19.2. The minimum atomic E-state index is -0.666. The van der Waals surface area contributed by atoms with E-state index in [9.17, 15) is 28.8 Å². The number of hydrogen-bond donors (Lipinski definition) is 11. The fourth-order valence-electron chi connectivity index (χ4n) is 11.5. The molecule has 13 rings (SSSR count). The molecule has 27 nitrogen and oxygen atoms in total. The maximum Gasteiger partial charge on any atom is 0.406 e. The van der Waals surface area contributed by atoms with Crippen LogP contribution in [0.3, 0.4) is 0 Å². The molecule has 95 heavy (non-hydrogen) atoms. The quantitative estimate of drug-likeness (QED) is 0.0486. The number of rotatable bonds is 15. The van der Waals surface area contributed by atoms with Gasteiger partial charge < -0.3 is 85.8 Å². The number of benzene rings is 5. The highest BCUT2D eigenvalue weighted by Gasteiger charge is 2.24. The Hall–Kier alpha value is -12.2. The third kappa shape index (κ3) is 13.2. The van der Waals surface area contributed by atoms with Gasteiger partial charge in [0.2, 0.25) is 0 Å². The van der Waals surface area contributed by atoms with Gasteiger partial charge in [0, 0.05) is 74.8 Å². The molecule has 0 saturated heterocycles. The topological polar surface area (TPSA) is 464 Å². The van der Waals surface area contributed by atoms with Gasteiger partial charge >= 0.3 is 6.09 Å². The summed E-state index contributed by atoms with van der Waals surface area (Å²) in [5.74, 6) is -2.37. The summed E-state index contributed by atoms with van der Waals surface area (Å²) in [6.07, 6.45) is -0.504. The van der Waals surface area contributed by atoms with Crippen molar-refractivity contribution in [3.05, 3.63) is 179 Å². The van der Waals surface area contributed by atoms with Crippen LogP contribution in [0, 0.1) is 0 Å². The molecule has 3 atom stereocenters. The zero-order valence-corrected chi connectivity index (χ0v) is 52.3. The molecule has 5 amide bonds. The zero-order chi connectivity index (χ0) is 68.1. The standard InChI is InChI=1S/C21H18N4O3.C17H19N5O3.2C15H17N5O/c22-19-16(20(23)27)10-15-14-8-4-5-9-17(14)25(21(15)24-19)18(26)12-28-11-13-6-2-1-3-7-13;1-9(8-20-17(24)25-2)22-13-6-4-3-5-10(13)11-7-12(15(19)23)14(18)21-16(11)22;1-8(16)7-20-12-5-3-2-4-9(12)10-6-11(14(18)21)13(17)19-15(10)20;1-8(7-16)20-12-5-3-2-4-9(12)10-6-11(14(18)21)13(17)19-15(10)20/h1-10H,11-12H2,(H2,22,24)(H2,23,27);3-7,9H,8H2,1-2H3,(H2,18,21)(H2,19,23)(H,20,24);2*2-6,8H,7,16H2,1H3,(H2,17,19)(H2,18,21)/t;;8-;/m..0./s1. The van der Waals surface area contributed by atoms with E-state index >= 15 is 0 Å². The summed E-state index contributed by atoms with van der Waals surface area (Å²) in [6.45, 7) is 7.54. The molecule has 21 N–H and O–H groups in total. The lowest BCUT2D eigenvalue weighted by atomic mass is 10.1. The van der Waals surface area contributed by atoms with E-state index < -0.39 is 29.7 Å². The highest BCUT2D eigenvalue weighted by atomic mass is 16.5. The summed E-state index contributed by atoms with van der Waals surface area (Å²) in [6, 6.07) is 47.0. The fraction of sp³-hybridized carbons (Fsp3) is 0.176. The number of nitrogens with zero attached hydrogens (tertiary/aromatic N) is 8. The Bertz CT molecular complexity index is 5150. The molecule has 2 unspecified atom stereocenters. The van der Waals surface area contributed by atoms with Gasteiger partial charge in [-0.05, 0) is 74.9 Å². The van der Waals surface area contributed by atoms with Gasteiger partial charge in [-0.25, -0.2) is 24.7 Å². The number of nitrogen functional groups attached to an aromatic ring is 4. The van der Waals surface area contributed by atoms with Gasteiger partial charge in [-0.15, -0.1) is 0 Å². The molecule has 0 bridgehead atoms. The second kappa shape index (κ2) is 27.7. The average molecular weight is 1280 g/mol. The molecule has 0 aliphatic rings. The first-order valence-electron chi connectivity index (χ1n) is 29.9. The van der Waals surface area contributed by atoms with E-state index in [4.69, 9.17) is 62.1 Å². The summed E-state index contributed by atoms with van der Waals surface area (Å²) in [5.41, 5.74) is 64.6. The molecule has 0 spiro atoms. The van der Waals surface area contributed by atoms with E-state index in [0.29, 0.717) is 48.4 Å². The van der Waals surface area contributed by atoms with E-state index in [-0.39, 0.29) is 76.2 Å². The van der Waals surface area contributed by atoms with E-state index in [1.54, 1.807) is 24.3 Å². The van der Waals surface area contributed by atoms with E-state index in [0.717, 1.165) is 71.1 Å². The van der Waals surface area contributed by atoms with Gasteiger partial charge in [-0.1, -0.05) is 103 Å². The minimum absolute atomic E-state index is 0.0120. The first-order chi connectivity index (χ1) is 45.5. The molecule has 0 aliphatic carbocycles. The Morgan fingerprint density at radius 2 is 0.842 bits per heavy atom. The second-order valence-corrected chi connectivity index (χ2v) is 22.5. The van der Waals surface area contributed by atoms with Crippen molar-refractivity contribution >= 4 is 147 Å². The number of alkyl carbamates (subject to hydrolysis) is 1. The molecule has 0 fully saturated rings. The number of nitrogens with one attached hydrogen (secondary N) is 1. The van der Waals surface area contributed by atoms with Crippen LogP contribution < -0.4 is 62.7 Å². The Morgan fingerprint density at radius 1 is 0.474 bits per heavy atom. The number of primary amides is 4. The van der Waals surface area contributed by atoms with Crippen molar-refractivity contribution in [2.45, 2.75) is 52.0 Å². The summed E-state index contributed by atoms with van der Waals surface area (Å²) in [4.78, 5) is 87.9. The molecule has 0 saturated carbocycles. The number of nitrogens with two attached hydrogens (primary N) is 10. The van der Waals surface area contributed by atoms with Crippen LogP contribution in [0.5, 0.6) is 0 Å². The van der Waals surface area contributed by atoms with Crippen molar-refractivity contribution in [3.63, 3.8) is 0 Å². The van der Waals surface area contributed by atoms with Crippen molar-refractivity contribution < 1.29 is 38.2 Å². The van der Waals surface area contributed by atoms with Crippen LogP contribution in [0.15, 0.2) is 152 Å². The summed E-state index contributed by atoms with van der Waals surface area (Å²) in [7, 11) is 1.31. The van der Waals surface area contributed by atoms with Crippen LogP contribution in [0.1, 0.15) is 84.6 Å². The predicted octanol–water partition coefficient (Wildman–Crippen LogP) is 7.12. The monoisotopic (exact) mass is 1280 g/mol. The number of para-hydroxylation sites is 4. The van der Waals surface area contributed by atoms with Gasteiger partial charge in [0.1, 0.15) is 52.5 Å². The molecule has 5 aromatic carbocycles. The van der Waals surface area contributed by atoms with Crippen LogP contribution in [0.4, 0.5) is 28.1 Å². The molecule has 8 aromatic heterocycles. The number of anilines is 4. The number of ether oxygens (including phenoxy) is 2. The van der Waals surface area contributed by atoms with Crippen LogP contribution in [0.25, 0.3) is 87.7 Å². The number of fused-ring (bicyclic) bond motifs is 12. The molecular formula is C68H71N19O8. The minimum Gasteiger partial charge on any atom is -0.453 e. The van der Waals surface area contributed by atoms with E-state index in [1.165, 1.54) is 11.7 Å². The number of methoxy groups -OCH3 is 1. The number of carbonyl (C=O) groups excluding carboxylic acids is 6. The van der Waals surface area contributed by atoms with E-state index in [1.807, 2.05) is 162 Å². The number of hydrogen-bond acceptors (Lipinski definition) is 18. The zero-order valence-electron chi connectivity index (χ0n) is 52.3. The number of carbonyl (C=O) groups is 6. The van der Waals surface area contributed by atoms with Crippen LogP contribution in [0.2, 0.25) is 0 Å². The highest BCUT2D eigenvalue weighted by Crippen LogP contribution is 2.36. The lowest BCUT2D eigenvalue weighted by Crippen LogP contribution is -2.29. The molecule has 13 aromatic rings. The largest absolute Gasteiger partial charge is 0.453 e. The van der Waals surface area contributed by atoms with Gasteiger partial charge in [0.25, 0.3) is 29.5 Å². The van der Waals surface area contributed by atoms with Crippen molar-refractivity contribution in [1.29, 1.82) is 0 Å². The molecule has 27 heteroatoms. The first kappa shape index (κ1) is 65.7. The fourth-order valence-corrected chi connectivity index (χ4v) is 11.5. The molecule has 8 heterocycles. The van der Waals surface area contributed by atoms with Crippen molar-refractivity contribution in [2.75, 3.05) is 49.7 Å².